The standard InChI is InChI=1S/C34H37ClN4O6S/c1-3-18-39-30(24-37-19-9-20-38(22-21-37)46(42,43)29-16-14-26(35)15-17-29)31(33(40)44-4-2)32(36-34(39)41)25-10-8-13-28(23-25)45-27-11-6-5-7-12-27/h3,5-8,10-17,23,32H,1,4,9,18-22,24H2,2H3,(H,36,41). The van der Waals surface area contributed by atoms with E-state index in [2.05, 4.69) is 16.8 Å². The van der Waals surface area contributed by atoms with Gasteiger partial charge in [-0.2, -0.15) is 4.31 Å². The van der Waals surface area contributed by atoms with Crippen LogP contribution in [0.5, 0.6) is 11.5 Å². The van der Waals surface area contributed by atoms with Gasteiger partial charge in [-0.15, -0.1) is 6.58 Å². The molecular formula is C34H37ClN4O6S. The molecule has 2 heterocycles. The number of hydrogen-bond donors (Lipinski definition) is 1. The summed E-state index contributed by atoms with van der Waals surface area (Å²) in [6.45, 7) is 7.61. The third-order valence-corrected chi connectivity index (χ3v) is 9.95. The maximum Gasteiger partial charge on any atom is 0.338 e. The Bertz CT molecular complexity index is 1700. The predicted molar refractivity (Wildman–Crippen MR) is 176 cm³/mol. The molecule has 46 heavy (non-hydrogen) atoms. The van der Waals surface area contributed by atoms with E-state index >= 15 is 0 Å². The van der Waals surface area contributed by atoms with E-state index in [1.165, 1.54) is 21.3 Å². The topological polar surface area (TPSA) is 108 Å². The number of benzene rings is 3. The number of rotatable bonds is 11. The number of sulfonamides is 1. The van der Waals surface area contributed by atoms with Crippen LogP contribution in [0.15, 0.2) is 108 Å². The van der Waals surface area contributed by atoms with Crippen molar-refractivity contribution in [3.05, 3.63) is 113 Å². The van der Waals surface area contributed by atoms with Crippen LogP contribution in [0.3, 0.4) is 0 Å². The summed E-state index contributed by atoms with van der Waals surface area (Å²) in [7, 11) is -3.73. The average Bonchev–Trinajstić information content (AvgIpc) is 3.30. The quantitative estimate of drug-likeness (QED) is 0.210. The summed E-state index contributed by atoms with van der Waals surface area (Å²) in [5.41, 5.74) is 1.43. The van der Waals surface area contributed by atoms with E-state index in [4.69, 9.17) is 21.1 Å². The van der Waals surface area contributed by atoms with Gasteiger partial charge in [0, 0.05) is 43.4 Å². The first kappa shape index (κ1) is 33.2. The van der Waals surface area contributed by atoms with Crippen LogP contribution in [0.4, 0.5) is 4.79 Å². The first-order valence-electron chi connectivity index (χ1n) is 15.1. The fourth-order valence-corrected chi connectivity index (χ4v) is 7.19. The maximum atomic E-state index is 13.7. The first-order chi connectivity index (χ1) is 22.2. The van der Waals surface area contributed by atoms with Crippen LogP contribution >= 0.6 is 11.6 Å². The Labute approximate surface area is 274 Å². The van der Waals surface area contributed by atoms with E-state index in [1.54, 1.807) is 37.3 Å². The van der Waals surface area contributed by atoms with Gasteiger partial charge in [0.25, 0.3) is 0 Å². The molecule has 0 radical (unpaired) electrons. The second-order valence-corrected chi connectivity index (χ2v) is 13.2. The van der Waals surface area contributed by atoms with Crippen LogP contribution in [0.25, 0.3) is 0 Å². The molecule has 2 aliphatic heterocycles. The van der Waals surface area contributed by atoms with Crippen molar-refractivity contribution in [3.8, 4) is 11.5 Å². The van der Waals surface area contributed by atoms with Gasteiger partial charge in [-0.3, -0.25) is 9.80 Å². The van der Waals surface area contributed by atoms with Crippen LogP contribution in [0.2, 0.25) is 5.02 Å². The summed E-state index contributed by atoms with van der Waals surface area (Å²) >= 11 is 5.98. The number of ether oxygens (including phenoxy) is 2. The summed E-state index contributed by atoms with van der Waals surface area (Å²) in [6.07, 6.45) is 2.16. The van der Waals surface area contributed by atoms with Gasteiger partial charge in [-0.1, -0.05) is 48.0 Å². The van der Waals surface area contributed by atoms with Crippen molar-refractivity contribution in [2.45, 2.75) is 24.3 Å². The summed E-state index contributed by atoms with van der Waals surface area (Å²) in [4.78, 5) is 31.0. The Kier molecular flexibility index (Phi) is 10.8. The number of carbonyl (C=O) groups excluding carboxylic acids is 2. The summed E-state index contributed by atoms with van der Waals surface area (Å²) < 4.78 is 39.8. The molecule has 242 valence electrons. The number of amides is 2. The minimum absolute atomic E-state index is 0.149. The molecule has 0 saturated carbocycles. The fourth-order valence-electron chi connectivity index (χ4n) is 5.59. The first-order valence-corrected chi connectivity index (χ1v) is 16.9. The zero-order valence-corrected chi connectivity index (χ0v) is 27.2. The molecular weight excluding hydrogens is 628 g/mol. The number of nitrogens with zero attached hydrogens (tertiary/aromatic N) is 3. The van der Waals surface area contributed by atoms with Crippen molar-refractivity contribution in [3.63, 3.8) is 0 Å². The lowest BCUT2D eigenvalue weighted by atomic mass is 9.94. The highest BCUT2D eigenvalue weighted by Crippen LogP contribution is 2.34. The summed E-state index contributed by atoms with van der Waals surface area (Å²) in [5, 5.41) is 3.45. The zero-order chi connectivity index (χ0) is 32.7. The molecule has 2 amide bonds. The van der Waals surface area contributed by atoms with Gasteiger partial charge in [0.2, 0.25) is 10.0 Å². The van der Waals surface area contributed by atoms with Crippen molar-refractivity contribution in [2.24, 2.45) is 0 Å². The zero-order valence-electron chi connectivity index (χ0n) is 25.6. The van der Waals surface area contributed by atoms with Gasteiger partial charge in [0.15, 0.2) is 0 Å². The average molecular weight is 665 g/mol. The molecule has 1 N–H and O–H groups in total. The highest BCUT2D eigenvalue weighted by molar-refractivity contribution is 7.89. The van der Waals surface area contributed by atoms with Gasteiger partial charge in [-0.25, -0.2) is 18.0 Å². The van der Waals surface area contributed by atoms with Gasteiger partial charge < -0.3 is 14.8 Å². The second-order valence-electron chi connectivity index (χ2n) is 10.8. The molecule has 0 bridgehead atoms. The molecule has 3 aromatic carbocycles. The largest absolute Gasteiger partial charge is 0.463 e. The molecule has 0 aliphatic carbocycles. The van der Waals surface area contributed by atoms with E-state index in [0.717, 1.165) is 0 Å². The lowest BCUT2D eigenvalue weighted by molar-refractivity contribution is -0.139. The summed E-state index contributed by atoms with van der Waals surface area (Å²) in [6, 6.07) is 21.5. The second kappa shape index (κ2) is 15.0. The smallest absolute Gasteiger partial charge is 0.338 e. The van der Waals surface area contributed by atoms with Crippen molar-refractivity contribution >= 4 is 33.6 Å². The molecule has 10 nitrogen and oxygen atoms in total. The minimum Gasteiger partial charge on any atom is -0.463 e. The number of urea groups is 1. The lowest BCUT2D eigenvalue weighted by Crippen LogP contribution is -2.51. The van der Waals surface area contributed by atoms with Crippen LogP contribution < -0.4 is 10.1 Å². The number of hydrogen-bond acceptors (Lipinski definition) is 7. The number of esters is 1. The molecule has 1 unspecified atom stereocenters. The minimum atomic E-state index is -3.73. The number of halogens is 1. The predicted octanol–water partition coefficient (Wildman–Crippen LogP) is 5.60. The van der Waals surface area contributed by atoms with E-state index in [-0.39, 0.29) is 37.2 Å². The monoisotopic (exact) mass is 664 g/mol. The van der Waals surface area contributed by atoms with Crippen LogP contribution in [0, 0.1) is 0 Å². The molecule has 3 aromatic rings. The van der Waals surface area contributed by atoms with Crippen molar-refractivity contribution < 1.29 is 27.5 Å². The fraction of sp³-hybridized carbons (Fsp3) is 0.294. The third-order valence-electron chi connectivity index (χ3n) is 7.79. The molecule has 1 fully saturated rings. The Hall–Kier alpha value is -4.16. The number of nitrogens with one attached hydrogen (secondary N) is 1. The summed E-state index contributed by atoms with van der Waals surface area (Å²) in [5.74, 6) is 0.651. The maximum absolute atomic E-state index is 13.7. The highest BCUT2D eigenvalue weighted by Gasteiger charge is 2.39. The van der Waals surface area contributed by atoms with Gasteiger partial charge >= 0.3 is 12.0 Å². The van der Waals surface area contributed by atoms with E-state index in [9.17, 15) is 18.0 Å². The van der Waals surface area contributed by atoms with E-state index < -0.39 is 22.0 Å². The molecule has 1 atom stereocenters. The molecule has 2 aliphatic rings. The normalized spacial score (nSPS) is 18.1. The van der Waals surface area contributed by atoms with Crippen LogP contribution in [0.1, 0.15) is 24.9 Å². The molecule has 5 rings (SSSR count). The third kappa shape index (κ3) is 7.61. The Morgan fingerprint density at radius 1 is 1.00 bits per heavy atom. The van der Waals surface area contributed by atoms with Gasteiger partial charge in [0.1, 0.15) is 11.5 Å². The Morgan fingerprint density at radius 3 is 2.46 bits per heavy atom. The van der Waals surface area contributed by atoms with Crippen LogP contribution in [-0.4, -0.2) is 80.4 Å². The highest BCUT2D eigenvalue weighted by atomic mass is 35.5. The SMILES string of the molecule is C=CCN1C(=O)NC(c2cccc(Oc3ccccc3)c2)C(C(=O)OCC)=C1CN1CCCN(S(=O)(=O)c2ccc(Cl)cc2)CC1. The Morgan fingerprint density at radius 2 is 1.74 bits per heavy atom. The van der Waals surface area contributed by atoms with Gasteiger partial charge in [-0.05, 0) is 74.0 Å². The van der Waals surface area contributed by atoms with Crippen molar-refractivity contribution in [2.75, 3.05) is 45.9 Å². The van der Waals surface area contributed by atoms with E-state index in [1.807, 2.05) is 42.5 Å². The molecule has 0 spiro atoms. The number of para-hydroxylation sites is 1. The van der Waals surface area contributed by atoms with Crippen LogP contribution in [-0.2, 0) is 19.6 Å². The Balaban J connectivity index is 1.46. The number of carbonyl (C=O) groups is 2. The molecule has 0 aromatic heterocycles. The van der Waals surface area contributed by atoms with Crippen molar-refractivity contribution in [1.29, 1.82) is 0 Å². The lowest BCUT2D eigenvalue weighted by Gasteiger charge is -2.38. The molecule has 12 heteroatoms. The van der Waals surface area contributed by atoms with Gasteiger partial charge in [0.05, 0.1) is 23.1 Å². The van der Waals surface area contributed by atoms with Crippen molar-refractivity contribution in [1.82, 2.24) is 19.4 Å². The van der Waals surface area contributed by atoms with E-state index in [0.29, 0.717) is 59.4 Å². The molecule has 1 saturated heterocycles.